The molecule has 2 fully saturated rings. The fourth-order valence-corrected chi connectivity index (χ4v) is 2.64. The molecule has 0 aliphatic heterocycles. The zero-order chi connectivity index (χ0) is 12.5. The minimum absolute atomic E-state index is 0.00822. The van der Waals surface area contributed by atoms with Crippen LogP contribution >= 0.6 is 0 Å². The van der Waals surface area contributed by atoms with Gasteiger partial charge in [-0.25, -0.2) is 0 Å². The fraction of sp³-hybridized carbons (Fsp3) is 0.923. The Morgan fingerprint density at radius 2 is 1.88 bits per heavy atom. The van der Waals surface area contributed by atoms with E-state index in [-0.39, 0.29) is 12.0 Å². The van der Waals surface area contributed by atoms with Gasteiger partial charge < -0.3 is 16.2 Å². The van der Waals surface area contributed by atoms with Crippen molar-refractivity contribution in [1.29, 1.82) is 0 Å². The number of nitrogens with one attached hydrogen (secondary N) is 1. The highest BCUT2D eigenvalue weighted by Crippen LogP contribution is 2.38. The van der Waals surface area contributed by atoms with Crippen molar-refractivity contribution in [3.63, 3.8) is 0 Å². The summed E-state index contributed by atoms with van der Waals surface area (Å²) in [6.07, 6.45) is 5.77. The van der Waals surface area contributed by atoms with Gasteiger partial charge in [-0.15, -0.1) is 0 Å². The molecular formula is C13H24N2O2. The second-order valence-corrected chi connectivity index (χ2v) is 5.94. The first-order valence-corrected chi connectivity index (χ1v) is 6.75. The van der Waals surface area contributed by atoms with E-state index in [0.717, 1.165) is 38.5 Å². The normalized spacial score (nSPS) is 32.9. The van der Waals surface area contributed by atoms with Crippen molar-refractivity contribution in [2.24, 2.45) is 17.6 Å². The molecule has 98 valence electrons. The number of aliphatic hydroxyl groups is 1. The minimum Gasteiger partial charge on any atom is -0.393 e. The van der Waals surface area contributed by atoms with Gasteiger partial charge in [0, 0.05) is 6.54 Å². The largest absolute Gasteiger partial charge is 0.393 e. The van der Waals surface area contributed by atoms with Crippen LogP contribution in [-0.2, 0) is 4.79 Å². The van der Waals surface area contributed by atoms with Crippen LogP contribution in [0.2, 0.25) is 0 Å². The number of rotatable bonds is 4. The van der Waals surface area contributed by atoms with E-state index in [9.17, 15) is 9.90 Å². The van der Waals surface area contributed by atoms with Crippen LogP contribution in [0.25, 0.3) is 0 Å². The van der Waals surface area contributed by atoms with E-state index in [1.807, 2.05) is 6.92 Å². The summed E-state index contributed by atoms with van der Waals surface area (Å²) in [6.45, 7) is 2.55. The molecule has 0 aromatic heterocycles. The van der Waals surface area contributed by atoms with Crippen LogP contribution in [0.5, 0.6) is 0 Å². The van der Waals surface area contributed by atoms with Crippen molar-refractivity contribution >= 4 is 5.91 Å². The van der Waals surface area contributed by atoms with Gasteiger partial charge in [0.25, 0.3) is 0 Å². The Balaban J connectivity index is 1.72. The summed E-state index contributed by atoms with van der Waals surface area (Å²) >= 11 is 0. The van der Waals surface area contributed by atoms with Crippen molar-refractivity contribution in [3.05, 3.63) is 0 Å². The summed E-state index contributed by atoms with van der Waals surface area (Å²) < 4.78 is 0. The molecule has 2 aliphatic rings. The summed E-state index contributed by atoms with van der Waals surface area (Å²) in [4.78, 5) is 12.0. The molecular weight excluding hydrogens is 216 g/mol. The van der Waals surface area contributed by atoms with E-state index < -0.39 is 5.54 Å². The molecule has 17 heavy (non-hydrogen) atoms. The number of amides is 1. The van der Waals surface area contributed by atoms with Gasteiger partial charge in [-0.3, -0.25) is 4.79 Å². The molecule has 1 amide bonds. The lowest BCUT2D eigenvalue weighted by atomic mass is 9.87. The minimum atomic E-state index is -0.686. The molecule has 4 heteroatoms. The summed E-state index contributed by atoms with van der Waals surface area (Å²) in [5, 5.41) is 12.4. The molecule has 0 aromatic rings. The molecule has 4 nitrogen and oxygen atoms in total. The molecule has 0 heterocycles. The maximum atomic E-state index is 12.0. The third kappa shape index (κ3) is 3.19. The Morgan fingerprint density at radius 3 is 2.41 bits per heavy atom. The van der Waals surface area contributed by atoms with Gasteiger partial charge in [0.15, 0.2) is 0 Å². The number of carbonyl (C=O) groups excluding carboxylic acids is 1. The first-order valence-electron chi connectivity index (χ1n) is 6.75. The SMILES string of the molecule is CC(N)(C(=O)NCC1CCC(O)CC1)C1CC1. The van der Waals surface area contributed by atoms with Crippen LogP contribution in [-0.4, -0.2) is 29.2 Å². The molecule has 2 saturated carbocycles. The van der Waals surface area contributed by atoms with Crippen LogP contribution in [0.15, 0.2) is 0 Å². The van der Waals surface area contributed by atoms with Crippen molar-refractivity contribution < 1.29 is 9.90 Å². The van der Waals surface area contributed by atoms with Gasteiger partial charge >= 0.3 is 0 Å². The average Bonchev–Trinajstić information content (AvgIpc) is 3.11. The van der Waals surface area contributed by atoms with Crippen molar-refractivity contribution in [2.45, 2.75) is 57.1 Å². The van der Waals surface area contributed by atoms with Crippen LogP contribution in [0.3, 0.4) is 0 Å². The first kappa shape index (κ1) is 12.8. The monoisotopic (exact) mass is 240 g/mol. The molecule has 0 saturated heterocycles. The van der Waals surface area contributed by atoms with Crippen molar-refractivity contribution in [2.75, 3.05) is 6.54 Å². The van der Waals surface area contributed by atoms with Gasteiger partial charge in [0.1, 0.15) is 0 Å². The van der Waals surface area contributed by atoms with E-state index >= 15 is 0 Å². The highest BCUT2D eigenvalue weighted by molar-refractivity contribution is 5.86. The molecule has 1 atom stereocenters. The van der Waals surface area contributed by atoms with Crippen molar-refractivity contribution in [1.82, 2.24) is 5.32 Å². The Morgan fingerprint density at radius 1 is 1.29 bits per heavy atom. The van der Waals surface area contributed by atoms with Gasteiger partial charge in [0.05, 0.1) is 11.6 Å². The summed E-state index contributed by atoms with van der Waals surface area (Å²) in [5.41, 5.74) is 5.36. The molecule has 0 radical (unpaired) electrons. The van der Waals surface area contributed by atoms with E-state index in [1.165, 1.54) is 0 Å². The van der Waals surface area contributed by atoms with E-state index in [0.29, 0.717) is 18.4 Å². The third-order valence-corrected chi connectivity index (χ3v) is 4.28. The Bertz CT molecular complexity index is 279. The Hall–Kier alpha value is -0.610. The predicted octanol–water partition coefficient (Wildman–Crippen LogP) is 0.781. The molecule has 2 rings (SSSR count). The van der Waals surface area contributed by atoms with Crippen LogP contribution in [0, 0.1) is 11.8 Å². The molecule has 2 aliphatic carbocycles. The quantitative estimate of drug-likeness (QED) is 0.680. The standard InChI is InChI=1S/C13H24N2O2/c1-13(14,10-4-5-10)12(17)15-8-9-2-6-11(16)7-3-9/h9-11,16H,2-8,14H2,1H3,(H,15,17). The lowest BCUT2D eigenvalue weighted by molar-refractivity contribution is -0.126. The maximum Gasteiger partial charge on any atom is 0.240 e. The zero-order valence-corrected chi connectivity index (χ0v) is 10.6. The molecule has 1 unspecified atom stereocenters. The van der Waals surface area contributed by atoms with Crippen molar-refractivity contribution in [3.8, 4) is 0 Å². The average molecular weight is 240 g/mol. The lowest BCUT2D eigenvalue weighted by Gasteiger charge is -2.28. The third-order valence-electron chi connectivity index (χ3n) is 4.28. The van der Waals surface area contributed by atoms with E-state index in [2.05, 4.69) is 5.32 Å². The highest BCUT2D eigenvalue weighted by atomic mass is 16.3. The number of carbonyl (C=O) groups is 1. The maximum absolute atomic E-state index is 12.0. The highest BCUT2D eigenvalue weighted by Gasteiger charge is 2.44. The van der Waals surface area contributed by atoms with Crippen LogP contribution < -0.4 is 11.1 Å². The predicted molar refractivity (Wildman–Crippen MR) is 66.3 cm³/mol. The smallest absolute Gasteiger partial charge is 0.240 e. The molecule has 0 bridgehead atoms. The summed E-state index contributed by atoms with van der Waals surface area (Å²) in [5.74, 6) is 0.874. The molecule has 0 aromatic carbocycles. The van der Waals surface area contributed by atoms with Gasteiger partial charge in [-0.05, 0) is 57.3 Å². The summed E-state index contributed by atoms with van der Waals surface area (Å²) in [6, 6.07) is 0. The van der Waals surface area contributed by atoms with Gasteiger partial charge in [0.2, 0.25) is 5.91 Å². The van der Waals surface area contributed by atoms with Gasteiger partial charge in [-0.2, -0.15) is 0 Å². The van der Waals surface area contributed by atoms with E-state index in [1.54, 1.807) is 0 Å². The van der Waals surface area contributed by atoms with Crippen LogP contribution in [0.4, 0.5) is 0 Å². The zero-order valence-electron chi connectivity index (χ0n) is 10.6. The van der Waals surface area contributed by atoms with Gasteiger partial charge in [-0.1, -0.05) is 0 Å². The van der Waals surface area contributed by atoms with Crippen LogP contribution in [0.1, 0.15) is 45.4 Å². The first-order chi connectivity index (χ1) is 8.00. The second-order valence-electron chi connectivity index (χ2n) is 5.94. The number of hydrogen-bond acceptors (Lipinski definition) is 3. The number of nitrogens with two attached hydrogens (primary N) is 1. The Kier molecular flexibility index (Phi) is 3.73. The molecule has 4 N–H and O–H groups in total. The number of hydrogen-bond donors (Lipinski definition) is 3. The fourth-order valence-electron chi connectivity index (χ4n) is 2.64. The summed E-state index contributed by atoms with van der Waals surface area (Å²) in [7, 11) is 0. The lowest BCUT2D eigenvalue weighted by Crippen LogP contribution is -2.54. The number of aliphatic hydroxyl groups excluding tert-OH is 1. The molecule has 0 spiro atoms. The second kappa shape index (κ2) is 4.94. The van der Waals surface area contributed by atoms with E-state index in [4.69, 9.17) is 5.73 Å². The Labute approximate surface area is 103 Å². The topological polar surface area (TPSA) is 75.4 Å².